The molecule has 0 aliphatic carbocycles. The van der Waals surface area contributed by atoms with Crippen molar-refractivity contribution in [2.24, 2.45) is 0 Å². The van der Waals surface area contributed by atoms with Crippen molar-refractivity contribution >= 4 is 5.69 Å². The Bertz CT molecular complexity index is 565. The van der Waals surface area contributed by atoms with E-state index in [4.69, 9.17) is 0 Å². The van der Waals surface area contributed by atoms with Crippen molar-refractivity contribution in [3.05, 3.63) is 65.7 Å². The molecule has 3 rings (SSSR count). The summed E-state index contributed by atoms with van der Waals surface area (Å²) in [6, 6.07) is 20.2. The molecule has 1 saturated heterocycles. The molecule has 1 aliphatic rings. The van der Waals surface area contributed by atoms with Crippen LogP contribution in [0.2, 0.25) is 0 Å². The Kier molecular flexibility index (Phi) is 4.56. The van der Waals surface area contributed by atoms with Crippen molar-refractivity contribution in [2.45, 2.75) is 25.8 Å². The smallest absolute Gasteiger partial charge is 0.0667 e. The molecule has 1 unspecified atom stereocenters. The Morgan fingerprint density at radius 1 is 1.05 bits per heavy atom. The number of piperazine rings is 1. The van der Waals surface area contributed by atoms with Crippen molar-refractivity contribution in [3.8, 4) is 0 Å². The summed E-state index contributed by atoms with van der Waals surface area (Å²) in [4.78, 5) is 2.58. The van der Waals surface area contributed by atoms with Crippen LogP contribution in [0, 0.1) is 0 Å². The van der Waals surface area contributed by atoms with Gasteiger partial charge in [0.25, 0.3) is 0 Å². The maximum absolute atomic E-state index is 3.54. The third-order valence-corrected chi connectivity index (χ3v) is 4.25. The molecule has 0 bridgehead atoms. The minimum atomic E-state index is 0.429. The number of hydrogen-bond donors (Lipinski definition) is 1. The van der Waals surface area contributed by atoms with Crippen LogP contribution in [0.4, 0.5) is 5.69 Å². The van der Waals surface area contributed by atoms with E-state index in [1.807, 2.05) is 0 Å². The van der Waals surface area contributed by atoms with E-state index in [2.05, 4.69) is 71.7 Å². The number of hydrogen-bond acceptors (Lipinski definition) is 2. The lowest BCUT2D eigenvalue weighted by Gasteiger charge is -2.39. The minimum Gasteiger partial charge on any atom is -0.362 e. The maximum Gasteiger partial charge on any atom is 0.0667 e. The van der Waals surface area contributed by atoms with E-state index in [0.29, 0.717) is 6.04 Å². The molecule has 0 amide bonds. The molecular weight excluding hydrogens is 256 g/mol. The van der Waals surface area contributed by atoms with Crippen LogP contribution in [-0.4, -0.2) is 19.6 Å². The summed E-state index contributed by atoms with van der Waals surface area (Å²) in [5.74, 6) is 0. The third kappa shape index (κ3) is 3.11. The standard InChI is InChI=1S/C19H24N2/c1-2-8-16-11-6-7-12-18(16)21-14-13-20-15-19(21)17-9-4-3-5-10-17/h3-7,9-12,19-20H,2,8,13-15H2,1H3. The predicted octanol–water partition coefficient (Wildman–Crippen LogP) is 3.79. The second-order valence-electron chi connectivity index (χ2n) is 5.70. The van der Waals surface area contributed by atoms with Gasteiger partial charge in [0.1, 0.15) is 0 Å². The number of para-hydroxylation sites is 1. The molecular formula is C19H24N2. The van der Waals surface area contributed by atoms with Gasteiger partial charge in [-0.1, -0.05) is 61.9 Å². The number of nitrogens with zero attached hydrogens (tertiary/aromatic N) is 1. The van der Waals surface area contributed by atoms with Crippen LogP contribution in [0.1, 0.15) is 30.5 Å². The molecule has 0 spiro atoms. The van der Waals surface area contributed by atoms with Gasteiger partial charge in [-0.15, -0.1) is 0 Å². The SMILES string of the molecule is CCCc1ccccc1N1CCNCC1c1ccccc1. The molecule has 2 heteroatoms. The summed E-state index contributed by atoms with van der Waals surface area (Å²) < 4.78 is 0. The van der Waals surface area contributed by atoms with Gasteiger partial charge in [0.2, 0.25) is 0 Å². The highest BCUT2D eigenvalue weighted by molar-refractivity contribution is 5.56. The molecule has 2 aromatic carbocycles. The topological polar surface area (TPSA) is 15.3 Å². The molecule has 2 nitrogen and oxygen atoms in total. The summed E-state index contributed by atoms with van der Waals surface area (Å²) in [6.45, 7) is 5.40. The molecule has 21 heavy (non-hydrogen) atoms. The average Bonchev–Trinajstić information content (AvgIpc) is 2.57. The molecule has 1 atom stereocenters. The van der Waals surface area contributed by atoms with Crippen molar-refractivity contribution in [2.75, 3.05) is 24.5 Å². The van der Waals surface area contributed by atoms with Crippen molar-refractivity contribution in [3.63, 3.8) is 0 Å². The monoisotopic (exact) mass is 280 g/mol. The number of benzene rings is 2. The molecule has 0 aromatic heterocycles. The van der Waals surface area contributed by atoms with E-state index in [1.165, 1.54) is 23.2 Å². The number of anilines is 1. The van der Waals surface area contributed by atoms with Crippen molar-refractivity contribution in [1.29, 1.82) is 0 Å². The second kappa shape index (κ2) is 6.77. The highest BCUT2D eigenvalue weighted by atomic mass is 15.2. The third-order valence-electron chi connectivity index (χ3n) is 4.25. The molecule has 0 radical (unpaired) electrons. The van der Waals surface area contributed by atoms with Crippen LogP contribution in [0.25, 0.3) is 0 Å². The van der Waals surface area contributed by atoms with Gasteiger partial charge in [0, 0.05) is 25.3 Å². The maximum atomic E-state index is 3.54. The summed E-state index contributed by atoms with van der Waals surface area (Å²) >= 11 is 0. The van der Waals surface area contributed by atoms with Crippen LogP contribution >= 0.6 is 0 Å². The summed E-state index contributed by atoms with van der Waals surface area (Å²) in [7, 11) is 0. The summed E-state index contributed by atoms with van der Waals surface area (Å²) in [5.41, 5.74) is 4.29. The highest BCUT2D eigenvalue weighted by Gasteiger charge is 2.25. The van der Waals surface area contributed by atoms with E-state index >= 15 is 0 Å². The molecule has 2 aromatic rings. The lowest BCUT2D eigenvalue weighted by molar-refractivity contribution is 0.488. The first kappa shape index (κ1) is 14.2. The number of rotatable bonds is 4. The lowest BCUT2D eigenvalue weighted by atomic mass is 10.00. The zero-order valence-corrected chi connectivity index (χ0v) is 12.8. The lowest BCUT2D eigenvalue weighted by Crippen LogP contribution is -2.46. The van der Waals surface area contributed by atoms with Gasteiger partial charge in [-0.3, -0.25) is 0 Å². The Hall–Kier alpha value is -1.80. The minimum absolute atomic E-state index is 0.429. The van der Waals surface area contributed by atoms with Crippen LogP contribution in [-0.2, 0) is 6.42 Å². The first-order valence-electron chi connectivity index (χ1n) is 8.00. The Morgan fingerprint density at radius 3 is 2.62 bits per heavy atom. The Morgan fingerprint density at radius 2 is 1.81 bits per heavy atom. The zero-order valence-electron chi connectivity index (χ0n) is 12.8. The molecule has 1 N–H and O–H groups in total. The predicted molar refractivity (Wildman–Crippen MR) is 89.8 cm³/mol. The fourth-order valence-corrected chi connectivity index (χ4v) is 3.24. The summed E-state index contributed by atoms with van der Waals surface area (Å²) in [5, 5.41) is 3.54. The van der Waals surface area contributed by atoms with E-state index in [9.17, 15) is 0 Å². The van der Waals surface area contributed by atoms with Crippen LogP contribution < -0.4 is 10.2 Å². The van der Waals surface area contributed by atoms with Crippen LogP contribution in [0.3, 0.4) is 0 Å². The Labute approximate surface area is 127 Å². The zero-order chi connectivity index (χ0) is 14.5. The van der Waals surface area contributed by atoms with Crippen LogP contribution in [0.5, 0.6) is 0 Å². The fraction of sp³-hybridized carbons (Fsp3) is 0.368. The average molecular weight is 280 g/mol. The second-order valence-corrected chi connectivity index (χ2v) is 5.70. The number of aryl methyl sites for hydroxylation is 1. The first-order chi connectivity index (χ1) is 10.4. The fourth-order valence-electron chi connectivity index (χ4n) is 3.24. The molecule has 1 aliphatic heterocycles. The molecule has 110 valence electrons. The molecule has 1 heterocycles. The van der Waals surface area contributed by atoms with E-state index in [0.717, 1.165) is 26.1 Å². The molecule has 1 fully saturated rings. The first-order valence-corrected chi connectivity index (χ1v) is 8.00. The van der Waals surface area contributed by atoms with Crippen molar-refractivity contribution < 1.29 is 0 Å². The van der Waals surface area contributed by atoms with Gasteiger partial charge in [-0.2, -0.15) is 0 Å². The van der Waals surface area contributed by atoms with Crippen LogP contribution in [0.15, 0.2) is 54.6 Å². The van der Waals surface area contributed by atoms with E-state index in [-0.39, 0.29) is 0 Å². The van der Waals surface area contributed by atoms with Gasteiger partial charge in [-0.25, -0.2) is 0 Å². The number of nitrogens with one attached hydrogen (secondary N) is 1. The van der Waals surface area contributed by atoms with Gasteiger partial charge >= 0.3 is 0 Å². The van der Waals surface area contributed by atoms with E-state index < -0.39 is 0 Å². The Balaban J connectivity index is 1.95. The highest BCUT2D eigenvalue weighted by Crippen LogP contribution is 2.31. The van der Waals surface area contributed by atoms with Gasteiger partial charge in [0.15, 0.2) is 0 Å². The van der Waals surface area contributed by atoms with Gasteiger partial charge in [0.05, 0.1) is 6.04 Å². The quantitative estimate of drug-likeness (QED) is 0.916. The molecule has 0 saturated carbocycles. The summed E-state index contributed by atoms with van der Waals surface area (Å²) in [6.07, 6.45) is 2.35. The largest absolute Gasteiger partial charge is 0.362 e. The van der Waals surface area contributed by atoms with Crippen molar-refractivity contribution in [1.82, 2.24) is 5.32 Å². The van der Waals surface area contributed by atoms with Gasteiger partial charge in [-0.05, 0) is 23.6 Å². The van der Waals surface area contributed by atoms with Gasteiger partial charge < -0.3 is 10.2 Å². The van der Waals surface area contributed by atoms with E-state index in [1.54, 1.807) is 0 Å². The normalized spacial score (nSPS) is 18.7.